The quantitative estimate of drug-likeness (QED) is 0.664. The van der Waals surface area contributed by atoms with Gasteiger partial charge in [0.15, 0.2) is 5.58 Å². The normalized spacial score (nSPS) is 12.4. The van der Waals surface area contributed by atoms with Gasteiger partial charge in [0, 0.05) is 12.0 Å². The van der Waals surface area contributed by atoms with E-state index in [9.17, 15) is 4.79 Å². The maximum absolute atomic E-state index is 10.7. The van der Waals surface area contributed by atoms with Crippen LogP contribution < -0.4 is 0 Å². The summed E-state index contributed by atoms with van der Waals surface area (Å²) in [5.41, 5.74) is 3.67. The van der Waals surface area contributed by atoms with Crippen LogP contribution in [0.3, 0.4) is 0 Å². The standard InChI is InChI=1S/C17H15NO2/c1-12(10-11-19)13-6-2-3-7-14(13)17-18-15-8-4-5-9-16(15)20-17/h2-9,11-12H,10H2,1H3. The molecule has 100 valence electrons. The minimum Gasteiger partial charge on any atom is -0.436 e. The summed E-state index contributed by atoms with van der Waals surface area (Å²) >= 11 is 0. The average molecular weight is 265 g/mol. The highest BCUT2D eigenvalue weighted by Crippen LogP contribution is 2.31. The number of rotatable bonds is 4. The number of nitrogens with zero attached hydrogens (tertiary/aromatic N) is 1. The van der Waals surface area contributed by atoms with E-state index in [1.54, 1.807) is 0 Å². The highest BCUT2D eigenvalue weighted by atomic mass is 16.3. The fraction of sp³-hybridized carbons (Fsp3) is 0.176. The molecular weight excluding hydrogens is 250 g/mol. The van der Waals surface area contributed by atoms with Gasteiger partial charge >= 0.3 is 0 Å². The molecule has 0 spiro atoms. The summed E-state index contributed by atoms with van der Waals surface area (Å²) in [5, 5.41) is 0. The Morgan fingerprint density at radius 1 is 1.15 bits per heavy atom. The molecule has 0 aliphatic carbocycles. The van der Waals surface area contributed by atoms with E-state index in [0.29, 0.717) is 12.3 Å². The Hall–Kier alpha value is -2.42. The second-order valence-electron chi connectivity index (χ2n) is 4.88. The van der Waals surface area contributed by atoms with Crippen LogP contribution in [0, 0.1) is 0 Å². The SMILES string of the molecule is CC(CC=O)c1ccccc1-c1nc2ccccc2o1. The maximum atomic E-state index is 10.7. The third kappa shape index (κ3) is 2.23. The molecule has 0 saturated carbocycles. The number of para-hydroxylation sites is 2. The van der Waals surface area contributed by atoms with Crippen LogP contribution in [-0.4, -0.2) is 11.3 Å². The number of hydrogen-bond donors (Lipinski definition) is 0. The van der Waals surface area contributed by atoms with Crippen molar-refractivity contribution in [1.29, 1.82) is 0 Å². The molecule has 0 aliphatic rings. The monoisotopic (exact) mass is 265 g/mol. The zero-order valence-corrected chi connectivity index (χ0v) is 11.2. The first-order chi connectivity index (χ1) is 9.79. The molecule has 1 heterocycles. The van der Waals surface area contributed by atoms with Crippen LogP contribution >= 0.6 is 0 Å². The molecule has 0 radical (unpaired) electrons. The molecule has 0 bridgehead atoms. The molecule has 20 heavy (non-hydrogen) atoms. The zero-order chi connectivity index (χ0) is 13.9. The summed E-state index contributed by atoms with van der Waals surface area (Å²) in [7, 11) is 0. The van der Waals surface area contributed by atoms with Gasteiger partial charge in [0.25, 0.3) is 0 Å². The second-order valence-corrected chi connectivity index (χ2v) is 4.88. The lowest BCUT2D eigenvalue weighted by molar-refractivity contribution is -0.108. The van der Waals surface area contributed by atoms with Gasteiger partial charge < -0.3 is 9.21 Å². The number of benzene rings is 2. The van der Waals surface area contributed by atoms with E-state index in [0.717, 1.165) is 28.5 Å². The predicted octanol–water partition coefficient (Wildman–Crippen LogP) is 4.19. The van der Waals surface area contributed by atoms with Crippen LogP contribution in [0.15, 0.2) is 52.9 Å². The van der Waals surface area contributed by atoms with Crippen molar-refractivity contribution in [1.82, 2.24) is 4.98 Å². The van der Waals surface area contributed by atoms with Crippen molar-refractivity contribution >= 4 is 17.4 Å². The molecular formula is C17H15NO2. The number of fused-ring (bicyclic) bond motifs is 1. The topological polar surface area (TPSA) is 43.1 Å². The molecule has 0 N–H and O–H groups in total. The lowest BCUT2D eigenvalue weighted by Crippen LogP contribution is -1.97. The Kier molecular flexibility index (Phi) is 3.33. The van der Waals surface area contributed by atoms with Crippen LogP contribution in [0.25, 0.3) is 22.6 Å². The van der Waals surface area contributed by atoms with Crippen LogP contribution in [0.1, 0.15) is 24.8 Å². The fourth-order valence-electron chi connectivity index (χ4n) is 2.38. The molecule has 0 fully saturated rings. The molecule has 3 nitrogen and oxygen atoms in total. The minimum absolute atomic E-state index is 0.152. The molecule has 0 amide bonds. The molecule has 0 saturated heterocycles. The molecule has 1 atom stereocenters. The Labute approximate surface area is 117 Å². The van der Waals surface area contributed by atoms with E-state index in [1.165, 1.54) is 0 Å². The zero-order valence-electron chi connectivity index (χ0n) is 11.2. The van der Waals surface area contributed by atoms with Gasteiger partial charge in [-0.3, -0.25) is 0 Å². The first-order valence-corrected chi connectivity index (χ1v) is 6.68. The molecule has 3 heteroatoms. The average Bonchev–Trinajstić information content (AvgIpc) is 2.91. The van der Waals surface area contributed by atoms with Gasteiger partial charge in [-0.1, -0.05) is 37.3 Å². The summed E-state index contributed by atoms with van der Waals surface area (Å²) in [5.74, 6) is 0.762. The second kappa shape index (κ2) is 5.29. The Balaban J connectivity index is 2.11. The number of carbonyl (C=O) groups is 1. The smallest absolute Gasteiger partial charge is 0.227 e. The Morgan fingerprint density at radius 3 is 2.70 bits per heavy atom. The first-order valence-electron chi connectivity index (χ1n) is 6.68. The van der Waals surface area contributed by atoms with E-state index in [2.05, 4.69) is 4.98 Å². The van der Waals surface area contributed by atoms with Crippen molar-refractivity contribution in [2.45, 2.75) is 19.3 Å². The van der Waals surface area contributed by atoms with Gasteiger partial charge in [-0.05, 0) is 29.7 Å². The van der Waals surface area contributed by atoms with Gasteiger partial charge in [0.05, 0.1) is 0 Å². The fourth-order valence-corrected chi connectivity index (χ4v) is 2.38. The van der Waals surface area contributed by atoms with Crippen LogP contribution in [0.2, 0.25) is 0 Å². The Morgan fingerprint density at radius 2 is 1.90 bits per heavy atom. The summed E-state index contributed by atoms with van der Waals surface area (Å²) in [4.78, 5) is 15.3. The van der Waals surface area contributed by atoms with Gasteiger partial charge in [-0.25, -0.2) is 4.98 Å². The molecule has 1 unspecified atom stereocenters. The lowest BCUT2D eigenvalue weighted by atomic mass is 9.93. The van der Waals surface area contributed by atoms with Crippen molar-refractivity contribution in [2.24, 2.45) is 0 Å². The van der Waals surface area contributed by atoms with Crippen molar-refractivity contribution in [3.05, 3.63) is 54.1 Å². The third-order valence-electron chi connectivity index (χ3n) is 3.47. The number of aromatic nitrogens is 1. The number of aldehydes is 1. The Bertz CT molecular complexity index is 712. The van der Waals surface area contributed by atoms with Gasteiger partial charge in [-0.15, -0.1) is 0 Å². The highest BCUT2D eigenvalue weighted by Gasteiger charge is 2.15. The van der Waals surface area contributed by atoms with Crippen molar-refractivity contribution in [3.8, 4) is 11.5 Å². The molecule has 3 rings (SSSR count). The number of oxazole rings is 1. The first kappa shape index (κ1) is 12.6. The predicted molar refractivity (Wildman–Crippen MR) is 78.5 cm³/mol. The minimum atomic E-state index is 0.152. The number of carbonyl (C=O) groups excluding carboxylic acids is 1. The molecule has 2 aromatic carbocycles. The van der Waals surface area contributed by atoms with Gasteiger partial charge in [0.1, 0.15) is 11.8 Å². The van der Waals surface area contributed by atoms with E-state index in [4.69, 9.17) is 4.42 Å². The summed E-state index contributed by atoms with van der Waals surface area (Å²) in [6, 6.07) is 15.7. The highest BCUT2D eigenvalue weighted by molar-refractivity contribution is 5.76. The molecule has 1 aromatic heterocycles. The summed E-state index contributed by atoms with van der Waals surface area (Å²) in [6.07, 6.45) is 1.45. The summed E-state index contributed by atoms with van der Waals surface area (Å²) in [6.45, 7) is 2.04. The van der Waals surface area contributed by atoms with Crippen molar-refractivity contribution in [3.63, 3.8) is 0 Å². The van der Waals surface area contributed by atoms with Crippen LogP contribution in [0.4, 0.5) is 0 Å². The van der Waals surface area contributed by atoms with Crippen LogP contribution in [-0.2, 0) is 4.79 Å². The molecule has 3 aromatic rings. The lowest BCUT2D eigenvalue weighted by Gasteiger charge is -2.11. The van der Waals surface area contributed by atoms with E-state index in [-0.39, 0.29) is 5.92 Å². The van der Waals surface area contributed by atoms with Gasteiger partial charge in [-0.2, -0.15) is 0 Å². The third-order valence-corrected chi connectivity index (χ3v) is 3.47. The largest absolute Gasteiger partial charge is 0.436 e. The van der Waals surface area contributed by atoms with Crippen molar-refractivity contribution < 1.29 is 9.21 Å². The van der Waals surface area contributed by atoms with Gasteiger partial charge in [0.2, 0.25) is 5.89 Å². The van der Waals surface area contributed by atoms with E-state index < -0.39 is 0 Å². The van der Waals surface area contributed by atoms with E-state index in [1.807, 2.05) is 55.5 Å². The maximum Gasteiger partial charge on any atom is 0.227 e. The number of hydrogen-bond acceptors (Lipinski definition) is 3. The van der Waals surface area contributed by atoms with E-state index >= 15 is 0 Å². The molecule has 0 aliphatic heterocycles. The summed E-state index contributed by atoms with van der Waals surface area (Å²) < 4.78 is 5.82. The van der Waals surface area contributed by atoms with Crippen LogP contribution in [0.5, 0.6) is 0 Å². The van der Waals surface area contributed by atoms with Crippen molar-refractivity contribution in [2.75, 3.05) is 0 Å².